The molecule has 0 spiro atoms. The summed E-state index contributed by atoms with van der Waals surface area (Å²) in [7, 11) is 0. The van der Waals surface area contributed by atoms with Crippen LogP contribution < -0.4 is 5.32 Å². The lowest BCUT2D eigenvalue weighted by molar-refractivity contribution is -0.134. The lowest BCUT2D eigenvalue weighted by Gasteiger charge is -2.32. The van der Waals surface area contributed by atoms with Gasteiger partial charge in [0.2, 0.25) is 5.91 Å². The van der Waals surface area contributed by atoms with Crippen LogP contribution in [0.5, 0.6) is 5.75 Å². The zero-order chi connectivity index (χ0) is 19.1. The van der Waals surface area contributed by atoms with Gasteiger partial charge in [-0.1, -0.05) is 30.3 Å². The molecular formula is C22H26N2O3. The Morgan fingerprint density at radius 1 is 1.11 bits per heavy atom. The van der Waals surface area contributed by atoms with Crippen molar-refractivity contribution in [3.05, 3.63) is 65.7 Å². The Hall–Kier alpha value is -2.82. The first-order valence-corrected chi connectivity index (χ1v) is 9.51. The molecule has 1 fully saturated rings. The van der Waals surface area contributed by atoms with Crippen molar-refractivity contribution < 1.29 is 14.7 Å². The van der Waals surface area contributed by atoms with Crippen LogP contribution in [0.15, 0.2) is 54.6 Å². The molecule has 2 aromatic rings. The van der Waals surface area contributed by atoms with Crippen LogP contribution in [0.1, 0.15) is 35.2 Å². The molecule has 142 valence electrons. The highest BCUT2D eigenvalue weighted by Crippen LogP contribution is 2.18. The smallest absolute Gasteiger partial charge is 0.251 e. The lowest BCUT2D eigenvalue weighted by Crippen LogP contribution is -2.44. The molecule has 1 unspecified atom stereocenters. The molecule has 0 aliphatic carbocycles. The van der Waals surface area contributed by atoms with Gasteiger partial charge in [0.1, 0.15) is 5.75 Å². The van der Waals surface area contributed by atoms with Crippen molar-refractivity contribution in [2.45, 2.75) is 25.7 Å². The van der Waals surface area contributed by atoms with Gasteiger partial charge in [0.15, 0.2) is 0 Å². The number of carbonyl (C=O) groups is 2. The second-order valence-corrected chi connectivity index (χ2v) is 7.09. The molecule has 5 nitrogen and oxygen atoms in total. The molecule has 1 aliphatic heterocycles. The van der Waals surface area contributed by atoms with Crippen molar-refractivity contribution in [1.29, 1.82) is 0 Å². The number of likely N-dealkylation sites (tertiary alicyclic amines) is 1. The van der Waals surface area contributed by atoms with Gasteiger partial charge >= 0.3 is 0 Å². The first-order chi connectivity index (χ1) is 13.1. The number of phenols is 1. The maximum atomic E-state index is 12.2. The van der Waals surface area contributed by atoms with E-state index in [0.717, 1.165) is 25.8 Å². The summed E-state index contributed by atoms with van der Waals surface area (Å²) in [6.07, 6.45) is 3.27. The van der Waals surface area contributed by atoms with E-state index in [1.54, 1.807) is 12.1 Å². The van der Waals surface area contributed by atoms with Crippen molar-refractivity contribution in [3.63, 3.8) is 0 Å². The van der Waals surface area contributed by atoms with Gasteiger partial charge in [0.25, 0.3) is 5.91 Å². The molecule has 5 heteroatoms. The van der Waals surface area contributed by atoms with Crippen molar-refractivity contribution in [1.82, 2.24) is 10.2 Å². The Morgan fingerprint density at radius 2 is 1.85 bits per heavy atom. The van der Waals surface area contributed by atoms with E-state index in [4.69, 9.17) is 0 Å². The molecule has 2 aromatic carbocycles. The topological polar surface area (TPSA) is 69.6 Å². The molecule has 1 saturated heterocycles. The SMILES string of the molecule is O=C(NCC1CCC(=O)N(CCCc2ccccc2)C1)c1ccc(O)cc1. The van der Waals surface area contributed by atoms with E-state index < -0.39 is 0 Å². The maximum Gasteiger partial charge on any atom is 0.251 e. The highest BCUT2D eigenvalue weighted by Gasteiger charge is 2.25. The van der Waals surface area contributed by atoms with E-state index in [1.165, 1.54) is 17.7 Å². The molecule has 3 rings (SSSR count). The van der Waals surface area contributed by atoms with Gasteiger partial charge in [0.05, 0.1) is 0 Å². The Labute approximate surface area is 160 Å². The Bertz CT molecular complexity index is 759. The fourth-order valence-electron chi connectivity index (χ4n) is 3.44. The molecule has 0 saturated carbocycles. The van der Waals surface area contributed by atoms with Gasteiger partial charge in [-0.25, -0.2) is 0 Å². The van der Waals surface area contributed by atoms with Crippen LogP contribution >= 0.6 is 0 Å². The summed E-state index contributed by atoms with van der Waals surface area (Å²) in [4.78, 5) is 26.3. The van der Waals surface area contributed by atoms with E-state index in [9.17, 15) is 14.7 Å². The van der Waals surface area contributed by atoms with E-state index in [2.05, 4.69) is 17.4 Å². The van der Waals surface area contributed by atoms with E-state index in [0.29, 0.717) is 25.1 Å². The van der Waals surface area contributed by atoms with Crippen LogP contribution in [0.3, 0.4) is 0 Å². The molecule has 1 aliphatic rings. The number of carbonyl (C=O) groups excluding carboxylic acids is 2. The number of hydrogen-bond donors (Lipinski definition) is 2. The van der Waals surface area contributed by atoms with Gasteiger partial charge in [-0.3, -0.25) is 9.59 Å². The number of aromatic hydroxyl groups is 1. The van der Waals surface area contributed by atoms with Crippen LogP contribution in [0, 0.1) is 5.92 Å². The molecule has 2 N–H and O–H groups in total. The normalized spacial score (nSPS) is 17.0. The summed E-state index contributed by atoms with van der Waals surface area (Å²) in [6, 6.07) is 16.5. The summed E-state index contributed by atoms with van der Waals surface area (Å²) >= 11 is 0. The number of aryl methyl sites for hydroxylation is 1. The van der Waals surface area contributed by atoms with Crippen LogP contribution in [-0.4, -0.2) is 41.5 Å². The van der Waals surface area contributed by atoms with Crippen LogP contribution in [0.25, 0.3) is 0 Å². The fourth-order valence-corrected chi connectivity index (χ4v) is 3.44. The molecular weight excluding hydrogens is 340 g/mol. The van der Waals surface area contributed by atoms with Gasteiger partial charge < -0.3 is 15.3 Å². The summed E-state index contributed by atoms with van der Waals surface area (Å²) in [6.45, 7) is 2.02. The average Bonchev–Trinajstić information content (AvgIpc) is 2.69. The Morgan fingerprint density at radius 3 is 2.59 bits per heavy atom. The average molecular weight is 366 g/mol. The molecule has 2 amide bonds. The first kappa shape index (κ1) is 19.0. The Kier molecular flexibility index (Phi) is 6.47. The summed E-state index contributed by atoms with van der Waals surface area (Å²) < 4.78 is 0. The van der Waals surface area contributed by atoms with Crippen molar-refractivity contribution in [3.8, 4) is 5.75 Å². The third kappa shape index (κ3) is 5.58. The fraction of sp³-hybridized carbons (Fsp3) is 0.364. The summed E-state index contributed by atoms with van der Waals surface area (Å²) in [5, 5.41) is 12.2. The summed E-state index contributed by atoms with van der Waals surface area (Å²) in [5.74, 6) is 0.482. The molecule has 0 bridgehead atoms. The lowest BCUT2D eigenvalue weighted by atomic mass is 9.97. The predicted molar refractivity (Wildman–Crippen MR) is 105 cm³/mol. The number of rotatable bonds is 7. The van der Waals surface area contributed by atoms with Crippen molar-refractivity contribution in [2.24, 2.45) is 5.92 Å². The summed E-state index contributed by atoms with van der Waals surface area (Å²) in [5.41, 5.74) is 1.82. The van der Waals surface area contributed by atoms with Crippen molar-refractivity contribution >= 4 is 11.8 Å². The zero-order valence-electron chi connectivity index (χ0n) is 15.4. The number of phenolic OH excluding ortho intramolecular Hbond substituents is 1. The van der Waals surface area contributed by atoms with Crippen LogP contribution in [-0.2, 0) is 11.2 Å². The minimum absolute atomic E-state index is 0.142. The van der Waals surface area contributed by atoms with Crippen molar-refractivity contribution in [2.75, 3.05) is 19.6 Å². The highest BCUT2D eigenvalue weighted by atomic mass is 16.3. The number of piperidine rings is 1. The zero-order valence-corrected chi connectivity index (χ0v) is 15.4. The van der Waals surface area contributed by atoms with Crippen LogP contribution in [0.2, 0.25) is 0 Å². The van der Waals surface area contributed by atoms with Gasteiger partial charge in [-0.05, 0) is 55.0 Å². The van der Waals surface area contributed by atoms with E-state index >= 15 is 0 Å². The number of amides is 2. The number of benzene rings is 2. The third-order valence-corrected chi connectivity index (χ3v) is 5.01. The molecule has 27 heavy (non-hydrogen) atoms. The second-order valence-electron chi connectivity index (χ2n) is 7.09. The van der Waals surface area contributed by atoms with E-state index in [-0.39, 0.29) is 23.5 Å². The van der Waals surface area contributed by atoms with E-state index in [1.807, 2.05) is 23.1 Å². The molecule has 0 radical (unpaired) electrons. The second kappa shape index (κ2) is 9.21. The monoisotopic (exact) mass is 366 g/mol. The quantitative estimate of drug-likeness (QED) is 0.791. The molecule has 1 heterocycles. The van der Waals surface area contributed by atoms with Crippen LogP contribution in [0.4, 0.5) is 0 Å². The minimum atomic E-state index is -0.150. The van der Waals surface area contributed by atoms with Gasteiger partial charge in [-0.15, -0.1) is 0 Å². The van der Waals surface area contributed by atoms with Gasteiger partial charge in [-0.2, -0.15) is 0 Å². The molecule has 0 aromatic heterocycles. The third-order valence-electron chi connectivity index (χ3n) is 5.01. The standard InChI is InChI=1S/C22H26N2O3/c25-20-11-9-19(10-12-20)22(27)23-15-18-8-13-21(26)24(16-18)14-4-7-17-5-2-1-3-6-17/h1-3,5-6,9-12,18,25H,4,7-8,13-16H2,(H,23,27). The number of hydrogen-bond acceptors (Lipinski definition) is 3. The maximum absolute atomic E-state index is 12.2. The minimum Gasteiger partial charge on any atom is -0.508 e. The Balaban J connectivity index is 1.44. The molecule has 1 atom stereocenters. The predicted octanol–water partition coefficient (Wildman–Crippen LogP) is 2.99. The largest absolute Gasteiger partial charge is 0.508 e. The number of nitrogens with one attached hydrogen (secondary N) is 1. The highest BCUT2D eigenvalue weighted by molar-refractivity contribution is 5.94. The van der Waals surface area contributed by atoms with Gasteiger partial charge in [0, 0.05) is 31.6 Å². The number of nitrogens with zero attached hydrogens (tertiary/aromatic N) is 1. The first-order valence-electron chi connectivity index (χ1n) is 9.51.